The van der Waals surface area contributed by atoms with Gasteiger partial charge in [-0.15, -0.1) is 0 Å². The van der Waals surface area contributed by atoms with Crippen LogP contribution in [0.1, 0.15) is 61.6 Å². The van der Waals surface area contributed by atoms with Crippen molar-refractivity contribution in [3.8, 4) is 11.5 Å². The maximum atomic E-state index is 15.5. The first-order valence-electron chi connectivity index (χ1n) is 18.2. The fourth-order valence-corrected chi connectivity index (χ4v) is 7.28. The Kier molecular flexibility index (Phi) is 10.5. The summed E-state index contributed by atoms with van der Waals surface area (Å²) in [5.74, 6) is 0.429. The number of rotatable bonds is 13. The van der Waals surface area contributed by atoms with Gasteiger partial charge in [0.2, 0.25) is 11.8 Å². The number of hydrogen-bond acceptors (Lipinski definition) is 5. The summed E-state index contributed by atoms with van der Waals surface area (Å²) in [4.78, 5) is 30.7. The van der Waals surface area contributed by atoms with Crippen LogP contribution in [-0.4, -0.2) is 30.5 Å². The number of halogens is 2. The van der Waals surface area contributed by atoms with Crippen molar-refractivity contribution in [2.24, 2.45) is 17.3 Å². The van der Waals surface area contributed by atoms with Crippen molar-refractivity contribution in [3.05, 3.63) is 132 Å². The number of ether oxygens (including phenoxy) is 2. The Morgan fingerprint density at radius 2 is 1.49 bits per heavy atom. The van der Waals surface area contributed by atoms with E-state index in [0.29, 0.717) is 54.0 Å². The van der Waals surface area contributed by atoms with Crippen LogP contribution < -0.4 is 20.1 Å². The third-order valence-electron chi connectivity index (χ3n) is 10.7. The van der Waals surface area contributed by atoms with Crippen LogP contribution >= 0.6 is 0 Å². The maximum absolute atomic E-state index is 15.5. The monoisotopic (exact) mass is 715 g/mol. The number of amides is 2. The molecule has 272 valence electrons. The Morgan fingerprint density at radius 3 is 2.17 bits per heavy atom. The molecule has 2 aliphatic carbocycles. The lowest BCUT2D eigenvalue weighted by Gasteiger charge is -2.29. The number of anilines is 2. The second kappa shape index (κ2) is 15.6. The Morgan fingerprint density at radius 1 is 0.811 bits per heavy atom. The van der Waals surface area contributed by atoms with Crippen LogP contribution in [0.2, 0.25) is 0 Å². The van der Waals surface area contributed by atoms with E-state index < -0.39 is 28.9 Å². The summed E-state index contributed by atoms with van der Waals surface area (Å²) in [5.41, 5.74) is 3.85. The SMILES string of the molecule is C=C(CC1CCC(COc2cc3nccc(Cc4ccc(NC(=O)C5(C(=O)Nc6ccc(F)cc6)CC5)cc4F)c3cc2OC)CC1)c1ccccc1. The van der Waals surface area contributed by atoms with Gasteiger partial charge in [0.05, 0.1) is 19.2 Å². The minimum atomic E-state index is -1.25. The summed E-state index contributed by atoms with van der Waals surface area (Å²) >= 11 is 0. The number of nitrogens with one attached hydrogen (secondary N) is 2. The third kappa shape index (κ3) is 8.25. The molecule has 2 aliphatic rings. The molecule has 0 saturated heterocycles. The minimum absolute atomic E-state index is 0.256. The van der Waals surface area contributed by atoms with Crippen LogP contribution in [-0.2, 0) is 16.0 Å². The molecule has 0 unspecified atom stereocenters. The molecular formula is C44H43F2N3O4. The highest BCUT2D eigenvalue weighted by molar-refractivity contribution is 6.16. The van der Waals surface area contributed by atoms with Crippen molar-refractivity contribution >= 4 is 39.7 Å². The number of aromatic nitrogens is 1. The van der Waals surface area contributed by atoms with Gasteiger partial charge in [0, 0.05) is 35.4 Å². The van der Waals surface area contributed by atoms with E-state index in [1.165, 1.54) is 41.5 Å². The normalized spacial score (nSPS) is 17.5. The Balaban J connectivity index is 0.961. The van der Waals surface area contributed by atoms with Gasteiger partial charge in [0.15, 0.2) is 11.5 Å². The number of benzene rings is 4. The molecule has 0 bridgehead atoms. The van der Waals surface area contributed by atoms with Crippen molar-refractivity contribution in [1.29, 1.82) is 0 Å². The zero-order valence-corrected chi connectivity index (χ0v) is 29.8. The zero-order valence-electron chi connectivity index (χ0n) is 29.8. The highest BCUT2D eigenvalue weighted by Gasteiger charge is 2.56. The van der Waals surface area contributed by atoms with E-state index >= 15 is 4.39 Å². The summed E-state index contributed by atoms with van der Waals surface area (Å²) in [6.07, 6.45) is 8.26. The van der Waals surface area contributed by atoms with Crippen molar-refractivity contribution < 1.29 is 27.8 Å². The quantitative estimate of drug-likeness (QED) is 0.119. The molecule has 2 amide bonds. The zero-order chi connectivity index (χ0) is 37.0. The van der Waals surface area contributed by atoms with E-state index in [4.69, 9.17) is 9.47 Å². The maximum Gasteiger partial charge on any atom is 0.240 e. The van der Waals surface area contributed by atoms with E-state index in [-0.39, 0.29) is 12.1 Å². The summed E-state index contributed by atoms with van der Waals surface area (Å²) in [7, 11) is 1.61. The first-order valence-corrected chi connectivity index (χ1v) is 18.2. The molecule has 1 heterocycles. The Labute approximate surface area is 308 Å². The molecule has 9 heteroatoms. The van der Waals surface area contributed by atoms with Crippen LogP contribution in [0, 0.1) is 28.9 Å². The van der Waals surface area contributed by atoms with Crippen LogP contribution in [0.5, 0.6) is 11.5 Å². The van der Waals surface area contributed by atoms with Gasteiger partial charge in [-0.3, -0.25) is 14.6 Å². The molecule has 1 aromatic heterocycles. The fourth-order valence-electron chi connectivity index (χ4n) is 7.28. The second-order valence-corrected chi connectivity index (χ2v) is 14.3. The highest BCUT2D eigenvalue weighted by atomic mass is 19.1. The molecule has 0 aliphatic heterocycles. The summed E-state index contributed by atoms with van der Waals surface area (Å²) in [5, 5.41) is 6.22. The number of carbonyl (C=O) groups is 2. The van der Waals surface area contributed by atoms with E-state index in [1.54, 1.807) is 25.4 Å². The summed E-state index contributed by atoms with van der Waals surface area (Å²) in [6.45, 7) is 4.93. The number of methoxy groups -OCH3 is 1. The summed E-state index contributed by atoms with van der Waals surface area (Å²) in [6, 6.07) is 25.9. The van der Waals surface area contributed by atoms with E-state index in [9.17, 15) is 14.0 Å². The molecule has 2 N–H and O–H groups in total. The molecule has 0 spiro atoms. The standard InChI is InChI=1S/C44H43F2N3O4/c1-28(31-6-4-3-5-7-31)22-29-8-10-30(11-9-29)27-53-41-26-39-37(25-40(41)52-2)32(18-21-47-39)23-33-12-15-36(24-38(33)46)49-43(51)44(19-20-44)42(50)48-35-16-13-34(45)14-17-35/h3-7,12-18,21,24-26,29-30H,1,8-11,19-20,22-23,27H2,2H3,(H,48,50)(H,49,51). The molecule has 53 heavy (non-hydrogen) atoms. The van der Waals surface area contributed by atoms with E-state index in [0.717, 1.165) is 48.6 Å². The lowest BCUT2D eigenvalue weighted by Crippen LogP contribution is -2.35. The van der Waals surface area contributed by atoms with Gasteiger partial charge < -0.3 is 20.1 Å². The smallest absolute Gasteiger partial charge is 0.240 e. The van der Waals surface area contributed by atoms with Crippen molar-refractivity contribution in [1.82, 2.24) is 4.98 Å². The fraction of sp³-hybridized carbons (Fsp3) is 0.295. The third-order valence-corrected chi connectivity index (χ3v) is 10.7. The van der Waals surface area contributed by atoms with E-state index in [1.807, 2.05) is 24.3 Å². The first-order chi connectivity index (χ1) is 25.7. The van der Waals surface area contributed by atoms with Gasteiger partial charge in [0.1, 0.15) is 17.0 Å². The molecule has 7 nitrogen and oxygen atoms in total. The van der Waals surface area contributed by atoms with Gasteiger partial charge in [-0.1, -0.05) is 43.0 Å². The van der Waals surface area contributed by atoms with Crippen LogP contribution in [0.25, 0.3) is 16.5 Å². The average Bonchev–Trinajstić information content (AvgIpc) is 3.99. The van der Waals surface area contributed by atoms with Crippen LogP contribution in [0.3, 0.4) is 0 Å². The van der Waals surface area contributed by atoms with Gasteiger partial charge in [-0.25, -0.2) is 8.78 Å². The largest absolute Gasteiger partial charge is 0.493 e. The van der Waals surface area contributed by atoms with Crippen molar-refractivity contribution in [3.63, 3.8) is 0 Å². The van der Waals surface area contributed by atoms with E-state index in [2.05, 4.69) is 46.5 Å². The first kappa shape index (κ1) is 35.8. The predicted octanol–water partition coefficient (Wildman–Crippen LogP) is 9.76. The van der Waals surface area contributed by atoms with Crippen LogP contribution in [0.4, 0.5) is 20.2 Å². The Bertz CT molecular complexity index is 2130. The Hall–Kier alpha value is -5.57. The molecule has 7 rings (SSSR count). The minimum Gasteiger partial charge on any atom is -0.493 e. The lowest BCUT2D eigenvalue weighted by molar-refractivity contribution is -0.131. The highest BCUT2D eigenvalue weighted by Crippen LogP contribution is 2.47. The number of allylic oxidation sites excluding steroid dienone is 1. The topological polar surface area (TPSA) is 89.5 Å². The van der Waals surface area contributed by atoms with Crippen molar-refractivity contribution in [2.75, 3.05) is 24.4 Å². The van der Waals surface area contributed by atoms with Gasteiger partial charge in [-0.05, 0) is 128 Å². The second-order valence-electron chi connectivity index (χ2n) is 14.3. The number of hydrogen-bond donors (Lipinski definition) is 2. The number of carbonyl (C=O) groups excluding carboxylic acids is 2. The van der Waals surface area contributed by atoms with Gasteiger partial charge in [0.25, 0.3) is 0 Å². The van der Waals surface area contributed by atoms with Gasteiger partial charge >= 0.3 is 0 Å². The molecule has 0 radical (unpaired) electrons. The predicted molar refractivity (Wildman–Crippen MR) is 204 cm³/mol. The van der Waals surface area contributed by atoms with Crippen molar-refractivity contribution in [2.45, 2.75) is 51.4 Å². The molecule has 0 atom stereocenters. The van der Waals surface area contributed by atoms with Gasteiger partial charge in [-0.2, -0.15) is 0 Å². The lowest BCUT2D eigenvalue weighted by atomic mass is 9.79. The molecule has 5 aromatic rings. The number of pyridine rings is 1. The average molecular weight is 716 g/mol. The molecular weight excluding hydrogens is 672 g/mol. The number of fused-ring (bicyclic) bond motifs is 1. The molecule has 4 aromatic carbocycles. The molecule has 2 fully saturated rings. The molecule has 2 saturated carbocycles. The number of nitrogens with zero attached hydrogens (tertiary/aromatic N) is 1. The van der Waals surface area contributed by atoms with Crippen LogP contribution in [0.15, 0.2) is 104 Å². The summed E-state index contributed by atoms with van der Waals surface area (Å²) < 4.78 is 40.9.